The van der Waals surface area contributed by atoms with Gasteiger partial charge in [-0.1, -0.05) is 151 Å². The Hall–Kier alpha value is -5.92. The van der Waals surface area contributed by atoms with E-state index in [9.17, 15) is 5.48 Å². The molecule has 0 saturated carbocycles. The fourth-order valence-corrected chi connectivity index (χ4v) is 6.10. The van der Waals surface area contributed by atoms with Crippen LogP contribution >= 0.6 is 0 Å². The molecular weight excluding hydrogens is 544 g/mol. The van der Waals surface area contributed by atoms with E-state index in [1.165, 1.54) is 0 Å². The van der Waals surface area contributed by atoms with Gasteiger partial charge in [0.05, 0.1) is 20.6 Å². The average molecular weight is 588 g/mol. The summed E-state index contributed by atoms with van der Waals surface area (Å²) in [5.74, 6) is 0. The third-order valence-corrected chi connectivity index (χ3v) is 7.99. The van der Waals surface area contributed by atoms with Crippen molar-refractivity contribution in [3.63, 3.8) is 0 Å². The molecule has 0 unspecified atom stereocenters. The van der Waals surface area contributed by atoms with Crippen LogP contribution in [0, 0.1) is 0 Å². The van der Waals surface area contributed by atoms with E-state index in [4.69, 9.17) is 19.5 Å². The maximum Gasteiger partial charge on any atom is 0.143 e. The molecule has 0 aliphatic heterocycles. The topological polar surface area (TPSA) is 13.1 Å². The summed E-state index contributed by atoms with van der Waals surface area (Å²) in [6.07, 6.45) is 0. The summed E-state index contributed by atoms with van der Waals surface area (Å²) in [5.41, 5.74) is 0.0682. The Morgan fingerprint density at radius 2 is 0.978 bits per heavy atom. The van der Waals surface area contributed by atoms with Gasteiger partial charge in [0.15, 0.2) is 0 Å². The van der Waals surface area contributed by atoms with Crippen LogP contribution in [0.5, 0.6) is 0 Å². The number of rotatable bonds is 4. The minimum atomic E-state index is -0.700. The molecule has 1 heteroatoms. The van der Waals surface area contributed by atoms with Gasteiger partial charge in [-0.05, 0) is 78.6 Å². The van der Waals surface area contributed by atoms with E-state index in [-0.39, 0.29) is 68.4 Å². The molecule has 9 aromatic rings. The van der Waals surface area contributed by atoms with Crippen molar-refractivity contribution in [1.82, 2.24) is 0 Å². The van der Waals surface area contributed by atoms with Crippen LogP contribution in [0.2, 0.25) is 0 Å². The van der Waals surface area contributed by atoms with Crippen LogP contribution in [0.1, 0.15) is 20.6 Å². The number of fused-ring (bicyclic) bond motifs is 5. The summed E-state index contributed by atoms with van der Waals surface area (Å²) >= 11 is 0. The Labute approximate surface area is 282 Å². The first-order chi connectivity index (χ1) is 28.6. The van der Waals surface area contributed by atoms with Crippen molar-refractivity contribution in [3.05, 3.63) is 169 Å². The van der Waals surface area contributed by atoms with Crippen molar-refractivity contribution in [2.24, 2.45) is 0 Å². The third kappa shape index (κ3) is 4.09. The summed E-state index contributed by atoms with van der Waals surface area (Å²) in [7, 11) is 0. The molecule has 0 atom stereocenters. The second-order valence-electron chi connectivity index (χ2n) is 10.5. The van der Waals surface area contributed by atoms with Crippen LogP contribution in [0.3, 0.4) is 0 Å². The van der Waals surface area contributed by atoms with Crippen LogP contribution in [0.25, 0.3) is 88.0 Å². The van der Waals surface area contributed by atoms with Gasteiger partial charge in [-0.2, -0.15) is 0 Å². The zero-order valence-electron chi connectivity index (χ0n) is 38.4. The van der Waals surface area contributed by atoms with Gasteiger partial charge in [0.1, 0.15) is 11.2 Å². The molecule has 45 heavy (non-hydrogen) atoms. The first-order valence-electron chi connectivity index (χ1n) is 21.7. The monoisotopic (exact) mass is 587 g/mol. The number of para-hydroxylation sites is 1. The van der Waals surface area contributed by atoms with Crippen LogP contribution < -0.4 is 0 Å². The highest BCUT2D eigenvalue weighted by Crippen LogP contribution is 2.48. The highest BCUT2D eigenvalue weighted by Gasteiger charge is 2.22. The second kappa shape index (κ2) is 10.4. The minimum Gasteiger partial charge on any atom is -0.455 e. The first-order valence-corrected chi connectivity index (χ1v) is 14.2. The number of hydrogen-bond acceptors (Lipinski definition) is 1. The highest BCUT2D eigenvalue weighted by atomic mass is 16.3. The van der Waals surface area contributed by atoms with Gasteiger partial charge in [-0.25, -0.2) is 0 Å². The Kier molecular flexibility index (Phi) is 3.39. The lowest BCUT2D eigenvalue weighted by Crippen LogP contribution is -1.92. The molecule has 0 bridgehead atoms. The number of benzene rings is 8. The summed E-state index contributed by atoms with van der Waals surface area (Å²) in [4.78, 5) is 0. The molecule has 0 N–H and O–H groups in total. The van der Waals surface area contributed by atoms with Crippen molar-refractivity contribution < 1.29 is 25.0 Å². The lowest BCUT2D eigenvalue weighted by molar-refractivity contribution is 0.670. The summed E-state index contributed by atoms with van der Waals surface area (Å²) in [6, 6.07) is 14.7. The Balaban J connectivity index is 1.52. The molecule has 0 saturated heterocycles. The highest BCUT2D eigenvalue weighted by molar-refractivity contribution is 6.26. The van der Waals surface area contributed by atoms with Gasteiger partial charge >= 0.3 is 0 Å². The van der Waals surface area contributed by atoms with Crippen LogP contribution in [0.4, 0.5) is 0 Å². The van der Waals surface area contributed by atoms with Crippen LogP contribution in [0.15, 0.2) is 174 Å². The van der Waals surface area contributed by atoms with E-state index in [0.717, 1.165) is 0 Å². The van der Waals surface area contributed by atoms with Gasteiger partial charge in [0, 0.05) is 16.3 Å². The molecule has 210 valence electrons. The molecule has 1 heterocycles. The van der Waals surface area contributed by atoms with Gasteiger partial charge in [0.25, 0.3) is 0 Å². The molecule has 0 fully saturated rings. The SMILES string of the molecule is [2H]c1c([2H])c([2H])c(-c2c([2H])c([2H])c(-c3c4ccccc4c(-c4c([2H])c([2H])c([2H])c(-c5ccccc5)c4[2H])c4ccccc34)c3c2oc2c([2H])c([2H])c([2H])c([2H])c23)c([2H])c1[2H]. The lowest BCUT2D eigenvalue weighted by atomic mass is 9.84. The molecule has 1 nitrogen and oxygen atoms in total. The zero-order valence-corrected chi connectivity index (χ0v) is 23.4. The van der Waals surface area contributed by atoms with Crippen LogP contribution in [-0.4, -0.2) is 0 Å². The van der Waals surface area contributed by atoms with Gasteiger partial charge in [0.2, 0.25) is 0 Å². The van der Waals surface area contributed by atoms with Crippen molar-refractivity contribution in [3.8, 4) is 44.5 Å². The first kappa shape index (κ1) is 14.7. The fraction of sp³-hybridized carbons (Fsp3) is 0. The van der Waals surface area contributed by atoms with Crippen molar-refractivity contribution in [2.45, 2.75) is 0 Å². The Morgan fingerprint density at radius 3 is 1.71 bits per heavy atom. The van der Waals surface area contributed by atoms with Crippen molar-refractivity contribution in [2.75, 3.05) is 0 Å². The van der Waals surface area contributed by atoms with Crippen LogP contribution in [-0.2, 0) is 0 Å². The second-order valence-corrected chi connectivity index (χ2v) is 10.5. The Bertz CT molecular complexity index is 3290. The molecule has 0 radical (unpaired) electrons. The zero-order chi connectivity index (χ0) is 42.8. The smallest absolute Gasteiger partial charge is 0.143 e. The molecule has 0 spiro atoms. The van der Waals surface area contributed by atoms with Crippen molar-refractivity contribution in [1.29, 1.82) is 0 Å². The van der Waals surface area contributed by atoms with Gasteiger partial charge in [-0.3, -0.25) is 0 Å². The van der Waals surface area contributed by atoms with E-state index in [2.05, 4.69) is 0 Å². The molecule has 1 aromatic heterocycles. The van der Waals surface area contributed by atoms with E-state index in [1.54, 1.807) is 78.9 Å². The number of furan rings is 1. The van der Waals surface area contributed by atoms with Gasteiger partial charge < -0.3 is 4.42 Å². The predicted octanol–water partition coefficient (Wildman–Crippen LogP) is 12.6. The third-order valence-electron chi connectivity index (χ3n) is 7.99. The fourth-order valence-electron chi connectivity index (χ4n) is 6.10. The largest absolute Gasteiger partial charge is 0.455 e. The molecule has 0 aliphatic rings. The van der Waals surface area contributed by atoms with Gasteiger partial charge in [-0.15, -0.1) is 0 Å². The van der Waals surface area contributed by atoms with E-state index < -0.39 is 72.0 Å². The molecule has 0 aliphatic carbocycles. The Morgan fingerprint density at radius 1 is 0.400 bits per heavy atom. The maximum absolute atomic E-state index is 9.76. The number of hydrogen-bond donors (Lipinski definition) is 0. The normalized spacial score (nSPS) is 16.2. The van der Waals surface area contributed by atoms with E-state index in [0.29, 0.717) is 38.2 Å². The summed E-state index contributed by atoms with van der Waals surface area (Å²) in [5, 5.41) is 1.61. The molecule has 0 amide bonds. The molecule has 9 rings (SSSR count). The maximum atomic E-state index is 9.76. The quantitative estimate of drug-likeness (QED) is 0.187. The molecule has 8 aromatic carbocycles. The van der Waals surface area contributed by atoms with E-state index >= 15 is 0 Å². The molecular formula is C44H28O. The average Bonchev–Trinajstić information content (AvgIpc) is 3.65. The minimum absolute atomic E-state index is 0.00120. The van der Waals surface area contributed by atoms with E-state index in [1.807, 2.05) is 0 Å². The standard InChI is InChI=1S/C44H28O/c1-3-14-29(15-4-1)31-18-13-19-32(28-31)41-34-20-7-9-22-36(34)42(37-23-10-8-21-35(37)41)39-27-26-33(30-16-5-2-6-17-30)44-43(39)38-24-11-12-25-40(38)45-44/h1-28H/i2D,5D,6D,11D,12D,13D,16D,17D,18D,19D,24D,25D,26D,27D,28D. The van der Waals surface area contributed by atoms with Crippen molar-refractivity contribution >= 4 is 43.5 Å². The predicted molar refractivity (Wildman–Crippen MR) is 190 cm³/mol. The summed E-state index contributed by atoms with van der Waals surface area (Å²) < 4.78 is 140. The lowest BCUT2D eigenvalue weighted by Gasteiger charge is -2.19. The summed E-state index contributed by atoms with van der Waals surface area (Å²) in [6.45, 7) is 0.